The topological polar surface area (TPSA) is 203 Å². The van der Waals surface area contributed by atoms with E-state index in [0.29, 0.717) is 0 Å². The van der Waals surface area contributed by atoms with Gasteiger partial charge in [0.1, 0.15) is 18.4 Å². The fourth-order valence-electron chi connectivity index (χ4n) is 3.56. The first kappa shape index (κ1) is 30.3. The van der Waals surface area contributed by atoms with Crippen molar-refractivity contribution < 1.29 is 33.5 Å². The highest BCUT2D eigenvalue weighted by atomic mass is 16.5. The number of carbonyl (C=O) groups is 6. The zero-order valence-electron chi connectivity index (χ0n) is 21.9. The second-order valence-electron chi connectivity index (χ2n) is 8.95. The minimum absolute atomic E-state index is 0.224. The number of aryl methyl sites for hydroxylation is 1. The van der Waals surface area contributed by atoms with Gasteiger partial charge >= 0.3 is 0 Å². The van der Waals surface area contributed by atoms with Crippen LogP contribution < -0.4 is 26.6 Å². The van der Waals surface area contributed by atoms with Crippen LogP contribution in [0.1, 0.15) is 57.0 Å². The average Bonchev–Trinajstić information content (AvgIpc) is 3.22. The number of ketones is 1. The molecule has 38 heavy (non-hydrogen) atoms. The Balaban J connectivity index is 1.60. The van der Waals surface area contributed by atoms with Crippen molar-refractivity contribution in [2.45, 2.75) is 58.1 Å². The molecule has 0 fully saturated rings. The summed E-state index contributed by atoms with van der Waals surface area (Å²) < 4.78 is 7.49. The largest absolute Gasteiger partial charge is 0.362 e. The van der Waals surface area contributed by atoms with E-state index in [-0.39, 0.29) is 31.6 Å². The minimum atomic E-state index is -0.668. The summed E-state index contributed by atoms with van der Waals surface area (Å²) in [6.07, 6.45) is 4.26. The highest BCUT2D eigenvalue weighted by Crippen LogP contribution is 2.28. The highest BCUT2D eigenvalue weighted by molar-refractivity contribution is 5.92. The number of nitrogens with one attached hydrogen (secondary N) is 5. The SMILES string of the molecule is CC(=O)[C@@H](C)NC(=O)CNC(=O)CNC(=O)CNC(=O)CNC(=O)COC1CCCCCc2c1nnn2C. The van der Waals surface area contributed by atoms with Gasteiger partial charge in [0.25, 0.3) is 0 Å². The van der Waals surface area contributed by atoms with E-state index in [1.54, 1.807) is 4.68 Å². The molecule has 1 aliphatic rings. The van der Waals surface area contributed by atoms with Gasteiger partial charge < -0.3 is 31.3 Å². The van der Waals surface area contributed by atoms with Crippen LogP contribution >= 0.6 is 0 Å². The number of nitrogens with zero attached hydrogens (tertiary/aromatic N) is 3. The van der Waals surface area contributed by atoms with Crippen LogP contribution in [0.4, 0.5) is 0 Å². The van der Waals surface area contributed by atoms with E-state index in [1.807, 2.05) is 7.05 Å². The third-order valence-corrected chi connectivity index (χ3v) is 5.85. The van der Waals surface area contributed by atoms with Crippen LogP contribution in [0.3, 0.4) is 0 Å². The Labute approximate surface area is 220 Å². The summed E-state index contributed by atoms with van der Waals surface area (Å²) in [4.78, 5) is 70.4. The molecular weight excluding hydrogens is 500 g/mol. The van der Waals surface area contributed by atoms with Crippen LogP contribution in [0.25, 0.3) is 0 Å². The lowest BCUT2D eigenvalue weighted by atomic mass is 9.99. The lowest BCUT2D eigenvalue weighted by molar-refractivity contribution is -0.131. The Bertz CT molecular complexity index is 1030. The third kappa shape index (κ3) is 10.6. The number of fused-ring (bicyclic) bond motifs is 1. The van der Waals surface area contributed by atoms with E-state index in [2.05, 4.69) is 36.9 Å². The fourth-order valence-corrected chi connectivity index (χ4v) is 3.56. The van der Waals surface area contributed by atoms with Gasteiger partial charge in [0.2, 0.25) is 29.5 Å². The monoisotopic (exact) mass is 536 g/mol. The molecule has 0 aromatic carbocycles. The first-order valence-corrected chi connectivity index (χ1v) is 12.4. The second-order valence-corrected chi connectivity index (χ2v) is 8.95. The summed E-state index contributed by atoms with van der Waals surface area (Å²) in [5, 5.41) is 20.0. The first-order chi connectivity index (χ1) is 18.1. The number of aromatic nitrogens is 3. The maximum Gasteiger partial charge on any atom is 0.246 e. The number of hydrogen-bond donors (Lipinski definition) is 5. The number of ether oxygens (including phenoxy) is 1. The van der Waals surface area contributed by atoms with Crippen molar-refractivity contribution in [3.05, 3.63) is 11.4 Å². The van der Waals surface area contributed by atoms with Crippen LogP contribution in [0, 0.1) is 0 Å². The van der Waals surface area contributed by atoms with Crippen LogP contribution in [0.2, 0.25) is 0 Å². The van der Waals surface area contributed by atoms with Gasteiger partial charge in [-0.1, -0.05) is 18.1 Å². The highest BCUT2D eigenvalue weighted by Gasteiger charge is 2.24. The second kappa shape index (κ2) is 15.4. The summed E-state index contributed by atoms with van der Waals surface area (Å²) >= 11 is 0. The molecule has 0 aliphatic heterocycles. The van der Waals surface area contributed by atoms with Crippen LogP contribution in [-0.2, 0) is 47.0 Å². The van der Waals surface area contributed by atoms with Crippen molar-refractivity contribution in [3.63, 3.8) is 0 Å². The van der Waals surface area contributed by atoms with Crippen LogP contribution in [0.15, 0.2) is 0 Å². The minimum Gasteiger partial charge on any atom is -0.362 e. The molecule has 5 amide bonds. The van der Waals surface area contributed by atoms with E-state index in [9.17, 15) is 28.8 Å². The average molecular weight is 537 g/mol. The van der Waals surface area contributed by atoms with Gasteiger partial charge in [-0.2, -0.15) is 0 Å². The Morgan fingerprint density at radius 1 is 0.868 bits per heavy atom. The predicted molar refractivity (Wildman–Crippen MR) is 132 cm³/mol. The van der Waals surface area contributed by atoms with Crippen LogP contribution in [-0.4, -0.2) is 89.1 Å². The van der Waals surface area contributed by atoms with Gasteiger partial charge in [-0.15, -0.1) is 5.10 Å². The Morgan fingerprint density at radius 3 is 2.00 bits per heavy atom. The predicted octanol–water partition coefficient (Wildman–Crippen LogP) is -2.45. The Hall–Kier alpha value is -3.88. The molecule has 0 bridgehead atoms. The van der Waals surface area contributed by atoms with Crippen LogP contribution in [0.5, 0.6) is 0 Å². The number of rotatable bonds is 13. The van der Waals surface area contributed by atoms with Crippen molar-refractivity contribution in [2.75, 3.05) is 32.8 Å². The molecule has 1 heterocycles. The molecule has 0 spiro atoms. The normalized spacial score (nSPS) is 15.6. The number of carbonyl (C=O) groups excluding carboxylic acids is 6. The number of Topliss-reactive ketones (excluding diaryl/α,β-unsaturated/α-hetero) is 1. The maximum atomic E-state index is 12.2. The van der Waals surface area contributed by atoms with Gasteiger partial charge in [-0.05, 0) is 33.1 Å². The molecule has 1 aromatic heterocycles. The van der Waals surface area contributed by atoms with E-state index in [1.165, 1.54) is 13.8 Å². The molecule has 1 unspecified atom stereocenters. The van der Waals surface area contributed by atoms with Crippen molar-refractivity contribution in [2.24, 2.45) is 7.05 Å². The summed E-state index contributed by atoms with van der Waals surface area (Å²) in [5.41, 5.74) is 1.73. The molecular formula is C23H36N8O7. The molecule has 5 N–H and O–H groups in total. The fraction of sp³-hybridized carbons (Fsp3) is 0.652. The lowest BCUT2D eigenvalue weighted by Crippen LogP contribution is -2.47. The van der Waals surface area contributed by atoms with Crippen molar-refractivity contribution in [3.8, 4) is 0 Å². The molecule has 15 nitrogen and oxygen atoms in total. The number of amides is 5. The van der Waals surface area contributed by atoms with Crippen molar-refractivity contribution in [1.82, 2.24) is 41.6 Å². The molecule has 0 radical (unpaired) electrons. The Morgan fingerprint density at radius 2 is 1.42 bits per heavy atom. The molecule has 15 heteroatoms. The first-order valence-electron chi connectivity index (χ1n) is 12.4. The molecule has 0 saturated heterocycles. The third-order valence-electron chi connectivity index (χ3n) is 5.85. The summed E-state index contributed by atoms with van der Waals surface area (Å²) in [7, 11) is 1.82. The van der Waals surface area contributed by atoms with E-state index in [0.717, 1.165) is 43.5 Å². The van der Waals surface area contributed by atoms with Gasteiger partial charge in [-0.3, -0.25) is 33.4 Å². The molecule has 1 aliphatic carbocycles. The summed E-state index contributed by atoms with van der Waals surface area (Å²) in [6, 6.07) is -0.668. The Kier molecular flexibility index (Phi) is 12.3. The number of hydrogen-bond acceptors (Lipinski definition) is 9. The summed E-state index contributed by atoms with van der Waals surface area (Å²) in [5.74, 6) is -3.12. The molecule has 2 rings (SSSR count). The zero-order chi connectivity index (χ0) is 28.1. The molecule has 210 valence electrons. The smallest absolute Gasteiger partial charge is 0.246 e. The van der Waals surface area contributed by atoms with Gasteiger partial charge in [0.05, 0.1) is 37.9 Å². The van der Waals surface area contributed by atoms with Gasteiger partial charge in [0, 0.05) is 7.05 Å². The van der Waals surface area contributed by atoms with Gasteiger partial charge in [-0.25, -0.2) is 0 Å². The van der Waals surface area contributed by atoms with Crippen molar-refractivity contribution >= 4 is 35.3 Å². The van der Waals surface area contributed by atoms with Crippen molar-refractivity contribution in [1.29, 1.82) is 0 Å². The quantitative estimate of drug-likeness (QED) is 0.181. The van der Waals surface area contributed by atoms with E-state index >= 15 is 0 Å². The zero-order valence-corrected chi connectivity index (χ0v) is 21.9. The van der Waals surface area contributed by atoms with E-state index < -0.39 is 48.7 Å². The molecule has 0 saturated carbocycles. The lowest BCUT2D eigenvalue weighted by Gasteiger charge is -2.19. The molecule has 2 atom stereocenters. The standard InChI is InChI=1S/C23H36N8O7/c1-14(15(2)32)28-21(36)12-26-19(34)10-24-18(33)9-25-20(35)11-27-22(37)13-38-17-8-6-4-5-7-16-23(17)29-30-31(16)3/h14,17H,4-13H2,1-3H3,(H,24,33)(H,25,35)(H,26,34)(H,27,37)(H,28,36)/t14-,17?/m1/s1. The van der Waals surface area contributed by atoms with E-state index in [4.69, 9.17) is 4.74 Å². The summed E-state index contributed by atoms with van der Waals surface area (Å²) in [6.45, 7) is 1.06. The maximum absolute atomic E-state index is 12.2. The molecule has 1 aromatic rings. The van der Waals surface area contributed by atoms with Gasteiger partial charge in [0.15, 0.2) is 5.78 Å².